The number of thioether (sulfide) groups is 1. The summed E-state index contributed by atoms with van der Waals surface area (Å²) in [7, 11) is 0. The van der Waals surface area contributed by atoms with Crippen LogP contribution in [-0.2, 0) is 14.2 Å². The van der Waals surface area contributed by atoms with E-state index >= 15 is 0 Å². The van der Waals surface area contributed by atoms with E-state index in [9.17, 15) is 0 Å². The maximum absolute atomic E-state index is 9.08. The van der Waals surface area contributed by atoms with Crippen LogP contribution in [0.5, 0.6) is 0 Å². The number of rotatable bonds is 6. The van der Waals surface area contributed by atoms with Crippen LogP contribution in [0.4, 0.5) is 0 Å². The second-order valence-electron chi connectivity index (χ2n) is 6.56. The van der Waals surface area contributed by atoms with Crippen molar-refractivity contribution >= 4 is 34.5 Å². The number of aromatic nitrogens is 5. The number of hydrogen-bond donors (Lipinski definition) is 1. The maximum atomic E-state index is 9.08. The topological polar surface area (TPSA) is 104 Å². The quantitative estimate of drug-likeness (QED) is 0.429. The zero-order valence-corrected chi connectivity index (χ0v) is 17.2. The number of aliphatic hydroxyl groups is 1. The smallest absolute Gasteiger partial charge is 0.191 e. The molecule has 0 aliphatic carbocycles. The lowest BCUT2D eigenvalue weighted by atomic mass is 10.1. The summed E-state index contributed by atoms with van der Waals surface area (Å²) in [5.74, 6) is 0.0737. The molecule has 2 aromatic heterocycles. The van der Waals surface area contributed by atoms with Gasteiger partial charge < -0.3 is 19.3 Å². The normalized spacial score (nSPS) is 23.3. The molecule has 0 aromatic carbocycles. The number of nitrogens with zero attached hydrogens (tertiary/aromatic N) is 5. The van der Waals surface area contributed by atoms with Crippen molar-refractivity contribution in [1.29, 1.82) is 0 Å². The minimum atomic E-state index is -0.758. The van der Waals surface area contributed by atoms with Gasteiger partial charge in [0.1, 0.15) is 0 Å². The standard InChI is InChI=1S/C16H24ClN5O4S/c1-4-27-15-18-13(17)12-14(19-15)22(21-20-12)10-7-11(24-6-5-23)9-26-16(2,3)25-8-10/h10-11,23H,4-9H2,1-3H3. The molecule has 9 nitrogen and oxygen atoms in total. The molecule has 1 aliphatic heterocycles. The maximum Gasteiger partial charge on any atom is 0.191 e. The van der Waals surface area contributed by atoms with Crippen LogP contribution in [0.15, 0.2) is 5.16 Å². The Labute approximate surface area is 166 Å². The number of aliphatic hydroxyl groups excluding tert-OH is 1. The van der Waals surface area contributed by atoms with E-state index in [2.05, 4.69) is 20.3 Å². The van der Waals surface area contributed by atoms with Crippen molar-refractivity contribution in [1.82, 2.24) is 25.0 Å². The zero-order valence-electron chi connectivity index (χ0n) is 15.6. The molecule has 1 aliphatic rings. The van der Waals surface area contributed by atoms with Crippen LogP contribution in [0.25, 0.3) is 11.2 Å². The van der Waals surface area contributed by atoms with Crippen molar-refractivity contribution in [2.75, 3.05) is 32.2 Å². The van der Waals surface area contributed by atoms with Gasteiger partial charge in [0.05, 0.1) is 38.6 Å². The fraction of sp³-hybridized carbons (Fsp3) is 0.750. The SMILES string of the molecule is CCSc1nc(Cl)c2nnn(C3COC(C)(C)OCC(OCCO)C3)c2n1. The Morgan fingerprint density at radius 2 is 2.11 bits per heavy atom. The molecule has 1 saturated heterocycles. The molecule has 0 amide bonds. The largest absolute Gasteiger partial charge is 0.394 e. The molecular formula is C16H24ClN5O4S. The van der Waals surface area contributed by atoms with Crippen molar-refractivity contribution < 1.29 is 19.3 Å². The molecule has 2 aromatic rings. The van der Waals surface area contributed by atoms with Gasteiger partial charge in [0.25, 0.3) is 0 Å². The highest BCUT2D eigenvalue weighted by molar-refractivity contribution is 7.99. The molecule has 1 N–H and O–H groups in total. The lowest BCUT2D eigenvalue weighted by Gasteiger charge is -2.34. The summed E-state index contributed by atoms with van der Waals surface area (Å²) in [5.41, 5.74) is 1.03. The Morgan fingerprint density at radius 3 is 2.85 bits per heavy atom. The van der Waals surface area contributed by atoms with Crippen LogP contribution >= 0.6 is 23.4 Å². The number of ether oxygens (including phenoxy) is 3. The van der Waals surface area contributed by atoms with E-state index in [0.29, 0.717) is 36.0 Å². The third-order valence-corrected chi connectivity index (χ3v) is 5.09. The molecule has 27 heavy (non-hydrogen) atoms. The van der Waals surface area contributed by atoms with Gasteiger partial charge in [-0.25, -0.2) is 14.6 Å². The fourth-order valence-corrected chi connectivity index (χ4v) is 3.61. The highest BCUT2D eigenvalue weighted by Gasteiger charge is 2.31. The summed E-state index contributed by atoms with van der Waals surface area (Å²) in [4.78, 5) is 8.84. The minimum Gasteiger partial charge on any atom is -0.394 e. The Kier molecular flexibility index (Phi) is 6.88. The molecule has 0 saturated carbocycles. The number of halogens is 1. The van der Waals surface area contributed by atoms with Crippen molar-refractivity contribution in [3.63, 3.8) is 0 Å². The average molecular weight is 418 g/mol. The predicted molar refractivity (Wildman–Crippen MR) is 101 cm³/mol. The van der Waals surface area contributed by atoms with Gasteiger partial charge in [-0.2, -0.15) is 0 Å². The van der Waals surface area contributed by atoms with Crippen LogP contribution < -0.4 is 0 Å². The Balaban J connectivity index is 1.93. The minimum absolute atomic E-state index is 0.0479. The van der Waals surface area contributed by atoms with Crippen molar-refractivity contribution in [3.05, 3.63) is 5.15 Å². The van der Waals surface area contributed by atoms with Crippen molar-refractivity contribution in [2.24, 2.45) is 0 Å². The molecule has 11 heteroatoms. The Bertz CT molecular complexity index is 775. The number of hydrogen-bond acceptors (Lipinski definition) is 9. The fourth-order valence-electron chi connectivity index (χ4n) is 2.80. The van der Waals surface area contributed by atoms with Crippen LogP contribution in [0.1, 0.15) is 33.2 Å². The van der Waals surface area contributed by atoms with Gasteiger partial charge in [-0.05, 0) is 19.6 Å². The molecule has 2 atom stereocenters. The van der Waals surface area contributed by atoms with Gasteiger partial charge in [-0.1, -0.05) is 35.5 Å². The first kappa shape index (κ1) is 20.7. The molecule has 0 radical (unpaired) electrons. The Morgan fingerprint density at radius 1 is 1.33 bits per heavy atom. The first-order valence-corrected chi connectivity index (χ1v) is 10.2. The molecule has 3 rings (SSSR count). The molecule has 150 valence electrons. The van der Waals surface area contributed by atoms with E-state index in [-0.39, 0.29) is 30.5 Å². The van der Waals surface area contributed by atoms with Gasteiger partial charge >= 0.3 is 0 Å². The van der Waals surface area contributed by atoms with Gasteiger partial charge in [-0.3, -0.25) is 0 Å². The molecule has 1 fully saturated rings. The van der Waals surface area contributed by atoms with Crippen molar-refractivity contribution in [3.8, 4) is 0 Å². The lowest BCUT2D eigenvalue weighted by Crippen LogP contribution is -2.40. The predicted octanol–water partition coefficient (Wildman–Crippen LogP) is 2.08. The first-order chi connectivity index (χ1) is 12.9. The highest BCUT2D eigenvalue weighted by Crippen LogP contribution is 2.29. The summed E-state index contributed by atoms with van der Waals surface area (Å²) in [6, 6.07) is -0.174. The van der Waals surface area contributed by atoms with Crippen LogP contribution in [0.3, 0.4) is 0 Å². The molecule has 2 unspecified atom stereocenters. The van der Waals surface area contributed by atoms with E-state index in [4.69, 9.17) is 30.9 Å². The number of fused-ring (bicyclic) bond motifs is 1. The summed E-state index contributed by atoms with van der Waals surface area (Å²) in [5, 5.41) is 18.4. The monoisotopic (exact) mass is 417 g/mol. The molecule has 3 heterocycles. The van der Waals surface area contributed by atoms with E-state index in [1.807, 2.05) is 20.8 Å². The van der Waals surface area contributed by atoms with Gasteiger partial charge in [-0.15, -0.1) is 5.10 Å². The molecular weight excluding hydrogens is 394 g/mol. The van der Waals surface area contributed by atoms with Crippen LogP contribution in [0, 0.1) is 0 Å². The molecule has 0 bridgehead atoms. The Hall–Kier alpha value is -1.04. The molecule has 0 spiro atoms. The van der Waals surface area contributed by atoms with Gasteiger partial charge in [0, 0.05) is 6.42 Å². The third kappa shape index (κ3) is 5.07. The van der Waals surface area contributed by atoms with Gasteiger partial charge in [0.2, 0.25) is 0 Å². The average Bonchev–Trinajstić information content (AvgIpc) is 3.03. The lowest BCUT2D eigenvalue weighted by molar-refractivity contribution is -0.245. The second kappa shape index (κ2) is 8.97. The zero-order chi connectivity index (χ0) is 19.4. The van der Waals surface area contributed by atoms with Gasteiger partial charge in [0.15, 0.2) is 27.3 Å². The third-order valence-electron chi connectivity index (χ3n) is 4.10. The summed E-state index contributed by atoms with van der Waals surface area (Å²) >= 11 is 7.77. The first-order valence-electron chi connectivity index (χ1n) is 8.85. The summed E-state index contributed by atoms with van der Waals surface area (Å²) < 4.78 is 19.2. The van der Waals surface area contributed by atoms with Crippen LogP contribution in [0.2, 0.25) is 5.15 Å². The summed E-state index contributed by atoms with van der Waals surface area (Å²) in [6.07, 6.45) is 0.359. The second-order valence-corrected chi connectivity index (χ2v) is 8.15. The van der Waals surface area contributed by atoms with E-state index in [0.717, 1.165) is 5.75 Å². The van der Waals surface area contributed by atoms with E-state index < -0.39 is 5.79 Å². The van der Waals surface area contributed by atoms with E-state index in [1.165, 1.54) is 11.8 Å². The van der Waals surface area contributed by atoms with Crippen LogP contribution in [-0.4, -0.2) is 74.1 Å². The summed E-state index contributed by atoms with van der Waals surface area (Å²) in [6.45, 7) is 6.62. The highest BCUT2D eigenvalue weighted by atomic mass is 35.5. The van der Waals surface area contributed by atoms with Crippen molar-refractivity contribution in [2.45, 2.75) is 50.3 Å². The van der Waals surface area contributed by atoms with E-state index in [1.54, 1.807) is 4.68 Å².